The van der Waals surface area contributed by atoms with E-state index in [1.807, 2.05) is 10.8 Å². The van der Waals surface area contributed by atoms with Crippen LogP contribution in [0.5, 0.6) is 0 Å². The number of nitrogens with zero attached hydrogens (tertiary/aromatic N) is 3. The van der Waals surface area contributed by atoms with Crippen LogP contribution in [0.1, 0.15) is 0 Å². The Kier molecular flexibility index (Phi) is 2.72. The number of rotatable bonds is 3. The van der Waals surface area contributed by atoms with Crippen LogP contribution in [-0.2, 0) is 6.54 Å². The van der Waals surface area contributed by atoms with E-state index in [1.54, 1.807) is 12.3 Å². The fourth-order valence-electron chi connectivity index (χ4n) is 0.737. The van der Waals surface area contributed by atoms with Gasteiger partial charge in [0.1, 0.15) is 0 Å². The van der Waals surface area contributed by atoms with Crippen LogP contribution >= 0.6 is 12.2 Å². The van der Waals surface area contributed by atoms with Gasteiger partial charge < -0.3 is 4.57 Å². The van der Waals surface area contributed by atoms with Gasteiger partial charge in [-0.2, -0.15) is 4.99 Å². The third-order valence-corrected chi connectivity index (χ3v) is 1.26. The predicted octanol–water partition coefficient (Wildman–Crippen LogP) is 1.80. The Morgan fingerprint density at radius 2 is 2.73 bits per heavy atom. The minimum atomic E-state index is 0.569. The molecular formula is C7H7N3S. The summed E-state index contributed by atoms with van der Waals surface area (Å²) in [5, 5.41) is 2.26. The summed E-state index contributed by atoms with van der Waals surface area (Å²) >= 11 is 4.45. The Balaban J connectivity index is 2.94. The molecule has 0 N–H and O–H groups in total. The fraction of sp³-hybridized carbons (Fsp3) is 0.143. The molecule has 0 saturated carbocycles. The molecule has 4 heteroatoms. The van der Waals surface area contributed by atoms with Crippen LogP contribution in [0.4, 0.5) is 5.95 Å². The molecule has 0 atom stereocenters. The summed E-state index contributed by atoms with van der Waals surface area (Å²) in [6.45, 7) is 4.29. The number of allylic oxidation sites excluding steroid dienone is 1. The van der Waals surface area contributed by atoms with Crippen LogP contribution in [0, 0.1) is 0 Å². The molecule has 0 fully saturated rings. The summed E-state index contributed by atoms with van der Waals surface area (Å²) in [5.74, 6) is 0.569. The molecular weight excluding hydrogens is 158 g/mol. The molecule has 0 amide bonds. The number of imidazole rings is 1. The third kappa shape index (κ3) is 1.83. The van der Waals surface area contributed by atoms with Gasteiger partial charge >= 0.3 is 0 Å². The second kappa shape index (κ2) is 3.81. The molecule has 0 unspecified atom stereocenters. The maximum Gasteiger partial charge on any atom is 0.238 e. The average molecular weight is 165 g/mol. The smallest absolute Gasteiger partial charge is 0.238 e. The van der Waals surface area contributed by atoms with Crippen molar-refractivity contribution < 1.29 is 0 Å². The van der Waals surface area contributed by atoms with E-state index in [2.05, 4.69) is 33.9 Å². The second-order valence-corrected chi connectivity index (χ2v) is 2.05. The van der Waals surface area contributed by atoms with E-state index in [1.165, 1.54) is 0 Å². The molecule has 3 nitrogen and oxygen atoms in total. The lowest BCUT2D eigenvalue weighted by Crippen LogP contribution is -1.90. The quantitative estimate of drug-likeness (QED) is 0.388. The average Bonchev–Trinajstić information content (AvgIpc) is 2.39. The van der Waals surface area contributed by atoms with Crippen molar-refractivity contribution in [3.8, 4) is 0 Å². The van der Waals surface area contributed by atoms with Crippen LogP contribution in [-0.4, -0.2) is 14.7 Å². The number of hydrogen-bond donors (Lipinski definition) is 0. The SMILES string of the molecule is C=CCn1ccnc1N=C=S. The molecule has 0 aliphatic heterocycles. The molecule has 56 valence electrons. The number of aromatic nitrogens is 2. The largest absolute Gasteiger partial charge is 0.311 e. The Labute approximate surface area is 70.1 Å². The van der Waals surface area contributed by atoms with E-state index < -0.39 is 0 Å². The van der Waals surface area contributed by atoms with Crippen molar-refractivity contribution in [1.29, 1.82) is 0 Å². The first kappa shape index (κ1) is 7.85. The standard InChI is InChI=1S/C7H7N3S/c1-2-4-10-5-3-8-7(10)9-6-11/h2-3,5H,1,4H2. The molecule has 1 aromatic heterocycles. The lowest BCUT2D eigenvalue weighted by Gasteiger charge is -1.95. The van der Waals surface area contributed by atoms with Crippen molar-refractivity contribution in [3.63, 3.8) is 0 Å². The summed E-state index contributed by atoms with van der Waals surface area (Å²) in [7, 11) is 0. The monoisotopic (exact) mass is 165 g/mol. The predicted molar refractivity (Wildman–Crippen MR) is 47.1 cm³/mol. The van der Waals surface area contributed by atoms with Crippen LogP contribution in [0.3, 0.4) is 0 Å². The molecule has 0 aromatic carbocycles. The molecule has 11 heavy (non-hydrogen) atoms. The maximum atomic E-state index is 4.45. The summed E-state index contributed by atoms with van der Waals surface area (Å²) in [6, 6.07) is 0. The van der Waals surface area contributed by atoms with Crippen LogP contribution in [0.25, 0.3) is 0 Å². The zero-order chi connectivity index (χ0) is 8.10. The molecule has 0 radical (unpaired) electrons. The number of aliphatic imine (C=N–C) groups is 1. The lowest BCUT2D eigenvalue weighted by atomic mass is 10.6. The molecule has 0 spiro atoms. The third-order valence-electron chi connectivity index (χ3n) is 1.16. The molecule has 1 aromatic rings. The highest BCUT2D eigenvalue weighted by Crippen LogP contribution is 2.06. The van der Waals surface area contributed by atoms with Crippen molar-refractivity contribution in [1.82, 2.24) is 9.55 Å². The Morgan fingerprint density at radius 3 is 3.36 bits per heavy atom. The van der Waals surface area contributed by atoms with E-state index in [-0.39, 0.29) is 0 Å². The molecule has 0 saturated heterocycles. The zero-order valence-corrected chi connectivity index (χ0v) is 6.71. The second-order valence-electron chi connectivity index (χ2n) is 1.87. The van der Waals surface area contributed by atoms with Gasteiger partial charge in [-0.3, -0.25) is 0 Å². The van der Waals surface area contributed by atoms with Gasteiger partial charge in [0.15, 0.2) is 0 Å². The summed E-state index contributed by atoms with van der Waals surface area (Å²) in [5.41, 5.74) is 0. The van der Waals surface area contributed by atoms with Gasteiger partial charge in [0.2, 0.25) is 5.95 Å². The Hall–Kier alpha value is -1.25. The molecule has 0 aliphatic carbocycles. The first-order valence-corrected chi connectivity index (χ1v) is 3.49. The first-order valence-electron chi connectivity index (χ1n) is 3.08. The van der Waals surface area contributed by atoms with Crippen molar-refractivity contribution in [2.24, 2.45) is 4.99 Å². The van der Waals surface area contributed by atoms with E-state index in [9.17, 15) is 0 Å². The number of isothiocyanates is 1. The van der Waals surface area contributed by atoms with Gasteiger partial charge in [-0.05, 0) is 12.2 Å². The topological polar surface area (TPSA) is 30.2 Å². The van der Waals surface area contributed by atoms with Gasteiger partial charge in [-0.15, -0.1) is 6.58 Å². The molecule has 1 rings (SSSR count). The van der Waals surface area contributed by atoms with Crippen molar-refractivity contribution in [2.45, 2.75) is 6.54 Å². The van der Waals surface area contributed by atoms with Crippen molar-refractivity contribution in [3.05, 3.63) is 25.0 Å². The van der Waals surface area contributed by atoms with Crippen LogP contribution < -0.4 is 0 Å². The minimum absolute atomic E-state index is 0.569. The molecule has 0 bridgehead atoms. The van der Waals surface area contributed by atoms with Gasteiger partial charge in [-0.1, -0.05) is 6.08 Å². The summed E-state index contributed by atoms with van der Waals surface area (Å²) in [4.78, 5) is 7.70. The number of thiocarbonyl (C=S) groups is 1. The fourth-order valence-corrected chi connectivity index (χ4v) is 0.818. The van der Waals surface area contributed by atoms with Gasteiger partial charge in [0.25, 0.3) is 0 Å². The van der Waals surface area contributed by atoms with Crippen molar-refractivity contribution >= 4 is 23.3 Å². The van der Waals surface area contributed by atoms with E-state index >= 15 is 0 Å². The molecule has 1 heterocycles. The maximum absolute atomic E-state index is 4.45. The van der Waals surface area contributed by atoms with E-state index in [4.69, 9.17) is 0 Å². The first-order chi connectivity index (χ1) is 5.38. The highest BCUT2D eigenvalue weighted by atomic mass is 32.1. The highest BCUT2D eigenvalue weighted by Gasteiger charge is 1.95. The Bertz CT molecular complexity index is 296. The molecule has 0 aliphatic rings. The van der Waals surface area contributed by atoms with Crippen LogP contribution in [0.2, 0.25) is 0 Å². The van der Waals surface area contributed by atoms with Crippen molar-refractivity contribution in [2.75, 3.05) is 0 Å². The van der Waals surface area contributed by atoms with Gasteiger partial charge in [0.05, 0.1) is 5.16 Å². The van der Waals surface area contributed by atoms with Crippen LogP contribution in [0.15, 0.2) is 30.0 Å². The Morgan fingerprint density at radius 1 is 1.91 bits per heavy atom. The normalized spacial score (nSPS) is 8.73. The highest BCUT2D eigenvalue weighted by molar-refractivity contribution is 7.78. The zero-order valence-electron chi connectivity index (χ0n) is 5.90. The van der Waals surface area contributed by atoms with Gasteiger partial charge in [-0.25, -0.2) is 4.98 Å². The summed E-state index contributed by atoms with van der Waals surface area (Å²) < 4.78 is 1.83. The van der Waals surface area contributed by atoms with E-state index in [0.717, 1.165) is 0 Å². The number of hydrogen-bond acceptors (Lipinski definition) is 3. The van der Waals surface area contributed by atoms with Gasteiger partial charge in [0, 0.05) is 18.9 Å². The minimum Gasteiger partial charge on any atom is -0.311 e. The summed E-state index contributed by atoms with van der Waals surface area (Å²) in [6.07, 6.45) is 5.24. The lowest BCUT2D eigenvalue weighted by molar-refractivity contribution is 0.825. The van der Waals surface area contributed by atoms with E-state index in [0.29, 0.717) is 12.5 Å².